The van der Waals surface area contributed by atoms with Gasteiger partial charge in [-0.25, -0.2) is 8.78 Å². The Hall–Kier alpha value is -1.76. The maximum atomic E-state index is 13.2. The summed E-state index contributed by atoms with van der Waals surface area (Å²) >= 11 is 0. The van der Waals surface area contributed by atoms with Gasteiger partial charge in [0.25, 0.3) is 0 Å². The molecule has 0 spiro atoms. The molecule has 1 aliphatic rings. The molecular weight excluding hydrogens is 188 g/mol. The molecule has 0 amide bonds. The van der Waals surface area contributed by atoms with E-state index >= 15 is 0 Å². The second kappa shape index (κ2) is 2.88. The smallest absolute Gasteiger partial charge is 0.164 e. The fraction of sp³-hybridized carbons (Fsp3) is 0.200. The fourth-order valence-corrected chi connectivity index (χ4v) is 1.68. The normalized spacial score (nSPS) is 13.9. The van der Waals surface area contributed by atoms with Crippen LogP contribution in [0.1, 0.15) is 27.9 Å². The van der Waals surface area contributed by atoms with Crippen molar-refractivity contribution < 1.29 is 13.6 Å². The lowest BCUT2D eigenvalue weighted by Gasteiger charge is -2.02. The van der Waals surface area contributed by atoms with E-state index in [0.717, 1.165) is 6.07 Å². The highest BCUT2D eigenvalue weighted by atomic mass is 19.2. The third-order valence-electron chi connectivity index (χ3n) is 2.32. The lowest BCUT2D eigenvalue weighted by atomic mass is 10.0. The second-order valence-electron chi connectivity index (χ2n) is 3.11. The lowest BCUT2D eigenvalue weighted by molar-refractivity contribution is 0.0994. The van der Waals surface area contributed by atoms with E-state index < -0.39 is 11.6 Å². The molecule has 2 rings (SSSR count). The van der Waals surface area contributed by atoms with Crippen molar-refractivity contribution in [3.63, 3.8) is 0 Å². The highest BCUT2D eigenvalue weighted by Crippen LogP contribution is 2.29. The first kappa shape index (κ1) is 8.82. The highest BCUT2D eigenvalue weighted by Gasteiger charge is 2.28. The summed E-state index contributed by atoms with van der Waals surface area (Å²) < 4.78 is 26.1. The Morgan fingerprint density at radius 3 is 2.71 bits per heavy atom. The Bertz CT molecular complexity index is 474. The molecule has 0 heterocycles. The van der Waals surface area contributed by atoms with Crippen LogP contribution < -0.4 is 0 Å². The summed E-state index contributed by atoms with van der Waals surface area (Å²) in [6.45, 7) is 0. The first-order valence-electron chi connectivity index (χ1n) is 4.09. The summed E-state index contributed by atoms with van der Waals surface area (Å²) in [5.74, 6) is -2.34. The predicted octanol–water partition coefficient (Wildman–Crippen LogP) is 1.97. The number of carbonyl (C=O) groups excluding carboxylic acids is 1. The number of carbonyl (C=O) groups is 1. The molecule has 0 aliphatic heterocycles. The number of hydrogen-bond acceptors (Lipinski definition) is 2. The Balaban J connectivity index is 2.81. The van der Waals surface area contributed by atoms with Gasteiger partial charge in [0, 0.05) is 17.5 Å². The molecule has 0 saturated heterocycles. The number of Topliss-reactive ketones (excluding diaryl/α,β-unsaturated/α-hetero) is 1. The summed E-state index contributed by atoms with van der Waals surface area (Å²) in [5.41, 5.74) is 0.0411. The molecule has 1 aliphatic carbocycles. The van der Waals surface area contributed by atoms with E-state index in [2.05, 4.69) is 0 Å². The molecule has 2 nitrogen and oxygen atoms in total. The number of rotatable bonds is 0. The molecule has 70 valence electrons. The van der Waals surface area contributed by atoms with Gasteiger partial charge in [0.2, 0.25) is 0 Å². The number of nitriles is 1. The van der Waals surface area contributed by atoms with Gasteiger partial charge in [-0.2, -0.15) is 5.26 Å². The zero-order chi connectivity index (χ0) is 10.3. The van der Waals surface area contributed by atoms with E-state index in [0.29, 0.717) is 0 Å². The van der Waals surface area contributed by atoms with Crippen molar-refractivity contribution in [3.8, 4) is 6.07 Å². The van der Waals surface area contributed by atoms with Crippen LogP contribution in [0.25, 0.3) is 0 Å². The van der Waals surface area contributed by atoms with Crippen molar-refractivity contribution in [2.75, 3.05) is 0 Å². The molecular formula is C10H5F2NO. The molecule has 0 bridgehead atoms. The topological polar surface area (TPSA) is 40.9 Å². The molecule has 14 heavy (non-hydrogen) atoms. The van der Waals surface area contributed by atoms with E-state index in [1.807, 2.05) is 0 Å². The summed E-state index contributed by atoms with van der Waals surface area (Å²) in [6, 6.07) is 2.47. The van der Waals surface area contributed by atoms with Crippen LogP contribution in [-0.2, 0) is 6.42 Å². The zero-order valence-electron chi connectivity index (χ0n) is 7.10. The van der Waals surface area contributed by atoms with Crippen LogP contribution in [0.4, 0.5) is 8.78 Å². The summed E-state index contributed by atoms with van der Waals surface area (Å²) in [6.07, 6.45) is 0.344. The molecule has 1 aromatic carbocycles. The van der Waals surface area contributed by atoms with E-state index in [1.54, 1.807) is 6.07 Å². The Morgan fingerprint density at radius 1 is 1.36 bits per heavy atom. The van der Waals surface area contributed by atoms with Crippen LogP contribution in [0.2, 0.25) is 0 Å². The van der Waals surface area contributed by atoms with Crippen LogP contribution in [0.3, 0.4) is 0 Å². The molecule has 0 radical (unpaired) electrons. The lowest BCUT2D eigenvalue weighted by Crippen LogP contribution is -2.00. The third-order valence-corrected chi connectivity index (χ3v) is 2.32. The van der Waals surface area contributed by atoms with E-state index in [1.165, 1.54) is 0 Å². The number of ketones is 1. The van der Waals surface area contributed by atoms with E-state index in [4.69, 9.17) is 5.26 Å². The average Bonchev–Trinajstić information content (AvgIpc) is 2.55. The maximum Gasteiger partial charge on any atom is 0.164 e. The van der Waals surface area contributed by atoms with E-state index in [-0.39, 0.29) is 35.3 Å². The number of halogens is 2. The minimum atomic E-state index is -1.06. The van der Waals surface area contributed by atoms with Crippen molar-refractivity contribution in [2.24, 2.45) is 0 Å². The van der Waals surface area contributed by atoms with Crippen molar-refractivity contribution in [1.82, 2.24) is 0 Å². The fourth-order valence-electron chi connectivity index (χ4n) is 1.68. The molecule has 0 saturated carbocycles. The van der Waals surface area contributed by atoms with Crippen LogP contribution in [-0.4, -0.2) is 5.78 Å². The average molecular weight is 193 g/mol. The minimum Gasteiger partial charge on any atom is -0.294 e. The van der Waals surface area contributed by atoms with Gasteiger partial charge < -0.3 is 0 Å². The monoisotopic (exact) mass is 193 g/mol. The standard InChI is InChI=1S/C10H5F2NO/c11-7-3-5(4-13)9-6(10(7)12)1-2-8(9)14/h3H,1-2H2. The van der Waals surface area contributed by atoms with Gasteiger partial charge in [0.1, 0.15) is 6.07 Å². The number of fused-ring (bicyclic) bond motifs is 1. The SMILES string of the molecule is N#Cc1cc(F)c(F)c2c1C(=O)CC2. The quantitative estimate of drug-likeness (QED) is 0.632. The Labute approximate surface area is 78.8 Å². The minimum absolute atomic E-state index is 0.0477. The van der Waals surface area contributed by atoms with Gasteiger partial charge in [-0.3, -0.25) is 4.79 Å². The van der Waals surface area contributed by atoms with Crippen LogP contribution in [0.15, 0.2) is 6.07 Å². The number of benzene rings is 1. The van der Waals surface area contributed by atoms with Crippen LogP contribution >= 0.6 is 0 Å². The van der Waals surface area contributed by atoms with E-state index in [9.17, 15) is 13.6 Å². The Morgan fingerprint density at radius 2 is 2.07 bits per heavy atom. The number of hydrogen-bond donors (Lipinski definition) is 0. The van der Waals surface area contributed by atoms with Gasteiger partial charge in [0.15, 0.2) is 17.4 Å². The van der Waals surface area contributed by atoms with Gasteiger partial charge >= 0.3 is 0 Å². The first-order chi connectivity index (χ1) is 6.65. The van der Waals surface area contributed by atoms with Crippen molar-refractivity contribution >= 4 is 5.78 Å². The largest absolute Gasteiger partial charge is 0.294 e. The van der Waals surface area contributed by atoms with Crippen molar-refractivity contribution in [2.45, 2.75) is 12.8 Å². The second-order valence-corrected chi connectivity index (χ2v) is 3.11. The van der Waals surface area contributed by atoms with Gasteiger partial charge in [-0.15, -0.1) is 0 Å². The van der Waals surface area contributed by atoms with Crippen molar-refractivity contribution in [3.05, 3.63) is 34.4 Å². The highest BCUT2D eigenvalue weighted by molar-refractivity contribution is 6.02. The molecule has 0 fully saturated rings. The molecule has 4 heteroatoms. The number of nitrogens with zero attached hydrogens (tertiary/aromatic N) is 1. The predicted molar refractivity (Wildman–Crippen MR) is 43.7 cm³/mol. The van der Waals surface area contributed by atoms with Gasteiger partial charge in [-0.05, 0) is 12.5 Å². The summed E-state index contributed by atoms with van der Waals surface area (Å²) in [5, 5.41) is 8.64. The van der Waals surface area contributed by atoms with Gasteiger partial charge in [-0.1, -0.05) is 0 Å². The molecule has 0 atom stereocenters. The molecule has 0 unspecified atom stereocenters. The zero-order valence-corrected chi connectivity index (χ0v) is 7.10. The molecule has 0 N–H and O–H groups in total. The van der Waals surface area contributed by atoms with Crippen molar-refractivity contribution in [1.29, 1.82) is 5.26 Å². The van der Waals surface area contributed by atoms with Crippen LogP contribution in [0, 0.1) is 23.0 Å². The van der Waals surface area contributed by atoms with Gasteiger partial charge in [0.05, 0.1) is 5.56 Å². The molecule has 1 aromatic rings. The third kappa shape index (κ3) is 1.02. The summed E-state index contributed by atoms with van der Waals surface area (Å²) in [4.78, 5) is 11.3. The maximum absolute atomic E-state index is 13.2. The first-order valence-corrected chi connectivity index (χ1v) is 4.09. The van der Waals surface area contributed by atoms with Crippen LogP contribution in [0.5, 0.6) is 0 Å². The molecule has 0 aromatic heterocycles. The Kier molecular flexibility index (Phi) is 1.81. The summed E-state index contributed by atoms with van der Waals surface area (Å²) in [7, 11) is 0.